The smallest absolute Gasteiger partial charge is 0.316 e. The van der Waals surface area contributed by atoms with Crippen LogP contribution in [0, 0.1) is 5.41 Å². The second-order valence-electron chi connectivity index (χ2n) is 4.48. The third kappa shape index (κ3) is 2.82. The van der Waals surface area contributed by atoms with E-state index in [9.17, 15) is 9.59 Å². The molecule has 0 spiro atoms. The molecule has 4 nitrogen and oxygen atoms in total. The van der Waals surface area contributed by atoms with Gasteiger partial charge >= 0.3 is 5.97 Å². The first-order valence-electron chi connectivity index (χ1n) is 4.85. The number of esters is 1. The monoisotopic (exact) mass is 222 g/mol. The van der Waals surface area contributed by atoms with Crippen molar-refractivity contribution in [2.24, 2.45) is 5.41 Å². The Balaban J connectivity index is 2.98. The summed E-state index contributed by atoms with van der Waals surface area (Å²) in [6, 6.07) is 4.00. The molecule has 0 saturated carbocycles. The van der Waals surface area contributed by atoms with Crippen molar-refractivity contribution < 1.29 is 19.4 Å². The number of carbonyl (C=O) groups excluding carboxylic acids is 2. The maximum Gasteiger partial charge on any atom is 0.316 e. The van der Waals surface area contributed by atoms with E-state index in [1.807, 2.05) is 0 Å². The minimum Gasteiger partial charge on any atom is -0.508 e. The van der Waals surface area contributed by atoms with Gasteiger partial charge in [0.05, 0.1) is 11.0 Å². The minimum atomic E-state index is -0.641. The van der Waals surface area contributed by atoms with Crippen molar-refractivity contribution in [3.05, 3.63) is 23.8 Å². The van der Waals surface area contributed by atoms with Gasteiger partial charge in [-0.1, -0.05) is 0 Å². The van der Waals surface area contributed by atoms with Crippen molar-refractivity contribution in [1.29, 1.82) is 0 Å². The molecule has 0 fully saturated rings. The van der Waals surface area contributed by atoms with Crippen molar-refractivity contribution in [3.63, 3.8) is 0 Å². The SMILES string of the molecule is CC(C)(C)C(=O)Oc1ccc(O)cc1C=O. The Morgan fingerprint density at radius 2 is 2.00 bits per heavy atom. The molecule has 1 aromatic carbocycles. The molecule has 0 amide bonds. The summed E-state index contributed by atoms with van der Waals surface area (Å²) in [4.78, 5) is 22.3. The van der Waals surface area contributed by atoms with Crippen LogP contribution in [0.4, 0.5) is 0 Å². The maximum atomic E-state index is 11.6. The molecule has 0 atom stereocenters. The first-order chi connectivity index (χ1) is 7.34. The molecule has 0 saturated heterocycles. The zero-order valence-corrected chi connectivity index (χ0v) is 9.48. The Labute approximate surface area is 93.9 Å². The van der Waals surface area contributed by atoms with Gasteiger partial charge in [-0.3, -0.25) is 9.59 Å². The molecular formula is C12H14O4. The van der Waals surface area contributed by atoms with Crippen LogP contribution in [0.2, 0.25) is 0 Å². The topological polar surface area (TPSA) is 63.6 Å². The van der Waals surface area contributed by atoms with E-state index in [1.54, 1.807) is 20.8 Å². The van der Waals surface area contributed by atoms with Crippen molar-refractivity contribution in [2.45, 2.75) is 20.8 Å². The largest absolute Gasteiger partial charge is 0.508 e. The number of ether oxygens (including phenoxy) is 1. The molecule has 0 radical (unpaired) electrons. The third-order valence-electron chi connectivity index (χ3n) is 1.94. The third-order valence-corrected chi connectivity index (χ3v) is 1.94. The number of rotatable bonds is 2. The van der Waals surface area contributed by atoms with Crippen LogP contribution in [0.1, 0.15) is 31.1 Å². The van der Waals surface area contributed by atoms with Crippen LogP contribution in [-0.2, 0) is 4.79 Å². The lowest BCUT2D eigenvalue weighted by molar-refractivity contribution is -0.143. The molecule has 4 heteroatoms. The number of aromatic hydroxyl groups is 1. The van der Waals surface area contributed by atoms with E-state index in [2.05, 4.69) is 0 Å². The van der Waals surface area contributed by atoms with Gasteiger partial charge in [-0.2, -0.15) is 0 Å². The lowest BCUT2D eigenvalue weighted by Gasteiger charge is -2.17. The van der Waals surface area contributed by atoms with Crippen molar-refractivity contribution >= 4 is 12.3 Å². The second-order valence-corrected chi connectivity index (χ2v) is 4.48. The fourth-order valence-electron chi connectivity index (χ4n) is 0.974. The van der Waals surface area contributed by atoms with E-state index in [0.29, 0.717) is 6.29 Å². The van der Waals surface area contributed by atoms with E-state index in [4.69, 9.17) is 9.84 Å². The van der Waals surface area contributed by atoms with E-state index < -0.39 is 11.4 Å². The number of benzene rings is 1. The first kappa shape index (κ1) is 12.2. The van der Waals surface area contributed by atoms with Crippen LogP contribution >= 0.6 is 0 Å². The highest BCUT2D eigenvalue weighted by molar-refractivity contribution is 5.84. The molecule has 0 heterocycles. The number of hydrogen-bond acceptors (Lipinski definition) is 4. The van der Waals surface area contributed by atoms with Gasteiger partial charge in [0.25, 0.3) is 0 Å². The highest BCUT2D eigenvalue weighted by Gasteiger charge is 2.24. The first-order valence-corrected chi connectivity index (χ1v) is 4.85. The summed E-state index contributed by atoms with van der Waals surface area (Å²) in [6.07, 6.45) is 0.533. The number of hydrogen-bond donors (Lipinski definition) is 1. The van der Waals surface area contributed by atoms with Gasteiger partial charge in [-0.05, 0) is 39.0 Å². The molecule has 1 aromatic rings. The minimum absolute atomic E-state index is 0.0438. The van der Waals surface area contributed by atoms with Crippen molar-refractivity contribution in [2.75, 3.05) is 0 Å². The summed E-state index contributed by atoms with van der Waals surface area (Å²) >= 11 is 0. The van der Waals surface area contributed by atoms with Crippen LogP contribution in [0.5, 0.6) is 11.5 Å². The van der Waals surface area contributed by atoms with Crippen LogP contribution < -0.4 is 4.74 Å². The van der Waals surface area contributed by atoms with Gasteiger partial charge in [-0.15, -0.1) is 0 Å². The average molecular weight is 222 g/mol. The standard InChI is InChI=1S/C12H14O4/c1-12(2,3)11(15)16-10-5-4-9(14)6-8(10)7-13/h4-7,14H,1-3H3. The molecule has 1 rings (SSSR count). The Morgan fingerprint density at radius 1 is 1.38 bits per heavy atom. The summed E-state index contributed by atoms with van der Waals surface area (Å²) in [5.74, 6) is -0.313. The zero-order valence-electron chi connectivity index (χ0n) is 9.48. The highest BCUT2D eigenvalue weighted by atomic mass is 16.5. The Kier molecular flexibility index (Phi) is 3.32. The van der Waals surface area contributed by atoms with Gasteiger partial charge in [0.15, 0.2) is 6.29 Å². The van der Waals surface area contributed by atoms with Gasteiger partial charge in [0.1, 0.15) is 11.5 Å². The number of aldehydes is 1. The molecule has 0 bridgehead atoms. The number of carbonyl (C=O) groups is 2. The second kappa shape index (κ2) is 4.35. The summed E-state index contributed by atoms with van der Waals surface area (Å²) in [5.41, 5.74) is -0.490. The Morgan fingerprint density at radius 3 is 2.50 bits per heavy atom. The van der Waals surface area contributed by atoms with E-state index in [-0.39, 0.29) is 17.1 Å². The molecule has 0 aromatic heterocycles. The van der Waals surface area contributed by atoms with Crippen LogP contribution in [0.15, 0.2) is 18.2 Å². The molecular weight excluding hydrogens is 208 g/mol. The Hall–Kier alpha value is -1.84. The summed E-state index contributed by atoms with van der Waals surface area (Å²) in [7, 11) is 0. The summed E-state index contributed by atoms with van der Waals surface area (Å²) in [5, 5.41) is 9.16. The molecule has 0 aliphatic rings. The predicted octanol–water partition coefficient (Wildman–Crippen LogP) is 2.16. The molecule has 1 N–H and O–H groups in total. The van der Waals surface area contributed by atoms with Gasteiger partial charge in [-0.25, -0.2) is 0 Å². The number of phenolic OH excluding ortho intramolecular Hbond substituents is 1. The van der Waals surface area contributed by atoms with Crippen molar-refractivity contribution in [3.8, 4) is 11.5 Å². The lowest BCUT2D eigenvalue weighted by atomic mass is 9.97. The highest BCUT2D eigenvalue weighted by Crippen LogP contribution is 2.25. The molecule has 0 aliphatic heterocycles. The quantitative estimate of drug-likeness (QED) is 0.473. The maximum absolute atomic E-state index is 11.6. The van der Waals surface area contributed by atoms with Crippen LogP contribution in [0.25, 0.3) is 0 Å². The van der Waals surface area contributed by atoms with Gasteiger partial charge in [0, 0.05) is 0 Å². The molecule has 86 valence electrons. The van der Waals surface area contributed by atoms with Crippen molar-refractivity contribution in [1.82, 2.24) is 0 Å². The van der Waals surface area contributed by atoms with Crippen LogP contribution in [0.3, 0.4) is 0 Å². The molecule has 0 aliphatic carbocycles. The Bertz CT molecular complexity index is 416. The van der Waals surface area contributed by atoms with Crippen LogP contribution in [-0.4, -0.2) is 17.4 Å². The summed E-state index contributed by atoms with van der Waals surface area (Å²) < 4.78 is 5.07. The predicted molar refractivity (Wildman–Crippen MR) is 58.6 cm³/mol. The molecule has 16 heavy (non-hydrogen) atoms. The lowest BCUT2D eigenvalue weighted by Crippen LogP contribution is -2.25. The normalized spacial score (nSPS) is 10.9. The zero-order chi connectivity index (χ0) is 12.3. The molecule has 0 unspecified atom stereocenters. The van der Waals surface area contributed by atoms with E-state index >= 15 is 0 Å². The van der Waals surface area contributed by atoms with Gasteiger partial charge in [0.2, 0.25) is 0 Å². The van der Waals surface area contributed by atoms with E-state index in [0.717, 1.165) is 0 Å². The van der Waals surface area contributed by atoms with Gasteiger partial charge < -0.3 is 9.84 Å². The fraction of sp³-hybridized carbons (Fsp3) is 0.333. The fourth-order valence-corrected chi connectivity index (χ4v) is 0.974. The summed E-state index contributed by atoms with van der Waals surface area (Å²) in [6.45, 7) is 5.16. The number of phenols is 1. The average Bonchev–Trinajstić information content (AvgIpc) is 2.19. The van der Waals surface area contributed by atoms with E-state index in [1.165, 1.54) is 18.2 Å².